The van der Waals surface area contributed by atoms with Crippen LogP contribution >= 0.6 is 45.6 Å². The molecule has 0 spiro atoms. The molecular formula is C25H18ClN3O3S3. The van der Waals surface area contributed by atoms with Crippen molar-refractivity contribution < 1.29 is 14.3 Å². The van der Waals surface area contributed by atoms with Gasteiger partial charge in [0, 0.05) is 27.1 Å². The number of hydrogen-bond donors (Lipinski definition) is 1. The third kappa shape index (κ3) is 3.88. The Morgan fingerprint density at radius 1 is 1.06 bits per heavy atom. The standard InChI is InChI=1S/C25H18ClN3O3S3/c1-32-25(31)29-11-10-13-18(12-29)35-24(19(13)23-27-15-7-3-5-9-17(15)34-23)28-22(30)21-20(26)14-6-2-4-8-16(14)33-21/h2-9H,10-12H2,1H3,(H,28,30). The van der Waals surface area contributed by atoms with E-state index in [1.807, 2.05) is 48.5 Å². The van der Waals surface area contributed by atoms with Crippen LogP contribution in [-0.2, 0) is 17.7 Å². The van der Waals surface area contributed by atoms with E-state index in [9.17, 15) is 9.59 Å². The van der Waals surface area contributed by atoms with Crippen molar-refractivity contribution in [3.63, 3.8) is 0 Å². The number of thiophene rings is 2. The fraction of sp³-hybridized carbons (Fsp3) is 0.160. The lowest BCUT2D eigenvalue weighted by atomic mass is 10.0. The van der Waals surface area contributed by atoms with Gasteiger partial charge in [-0.15, -0.1) is 34.0 Å². The number of carbonyl (C=O) groups is 2. The molecule has 0 atom stereocenters. The molecule has 2 amide bonds. The molecule has 1 aliphatic heterocycles. The van der Waals surface area contributed by atoms with Gasteiger partial charge in [-0.3, -0.25) is 4.79 Å². The zero-order valence-corrected chi connectivity index (χ0v) is 21.7. The summed E-state index contributed by atoms with van der Waals surface area (Å²) in [7, 11) is 1.39. The van der Waals surface area contributed by atoms with Gasteiger partial charge in [0.25, 0.3) is 5.91 Å². The fourth-order valence-corrected chi connectivity index (χ4v) is 8.08. The van der Waals surface area contributed by atoms with Crippen molar-refractivity contribution in [2.24, 2.45) is 0 Å². The summed E-state index contributed by atoms with van der Waals surface area (Å²) in [5.74, 6) is -0.248. The number of halogens is 1. The Morgan fingerprint density at radius 2 is 1.83 bits per heavy atom. The van der Waals surface area contributed by atoms with Gasteiger partial charge in [-0.25, -0.2) is 9.78 Å². The largest absolute Gasteiger partial charge is 0.453 e. The van der Waals surface area contributed by atoms with E-state index < -0.39 is 0 Å². The quantitative estimate of drug-likeness (QED) is 0.262. The van der Waals surface area contributed by atoms with E-state index in [-0.39, 0.29) is 12.0 Å². The van der Waals surface area contributed by atoms with Gasteiger partial charge in [-0.1, -0.05) is 41.9 Å². The number of thiazole rings is 1. The van der Waals surface area contributed by atoms with Crippen LogP contribution in [0.3, 0.4) is 0 Å². The number of para-hydroxylation sites is 1. The number of benzene rings is 2. The van der Waals surface area contributed by atoms with Crippen LogP contribution in [0.25, 0.3) is 30.9 Å². The van der Waals surface area contributed by atoms with Crippen molar-refractivity contribution in [3.05, 3.63) is 68.9 Å². The summed E-state index contributed by atoms with van der Waals surface area (Å²) >= 11 is 11.0. The molecule has 0 bridgehead atoms. The van der Waals surface area contributed by atoms with E-state index >= 15 is 0 Å². The Hall–Kier alpha value is -2.98. The summed E-state index contributed by atoms with van der Waals surface area (Å²) in [5, 5.41) is 6.03. The number of fused-ring (bicyclic) bond motifs is 3. The first-order valence-electron chi connectivity index (χ1n) is 10.8. The Balaban J connectivity index is 1.43. The van der Waals surface area contributed by atoms with E-state index in [0.29, 0.717) is 29.4 Å². The third-order valence-corrected chi connectivity index (χ3v) is 9.83. The average molecular weight is 540 g/mol. The van der Waals surface area contributed by atoms with Gasteiger partial charge in [-0.2, -0.15) is 0 Å². The number of nitrogens with zero attached hydrogens (tertiary/aromatic N) is 2. The molecule has 0 fully saturated rings. The molecule has 3 aromatic heterocycles. The molecule has 0 saturated carbocycles. The predicted octanol–water partition coefficient (Wildman–Crippen LogP) is 7.27. The predicted molar refractivity (Wildman–Crippen MR) is 144 cm³/mol. The van der Waals surface area contributed by atoms with Gasteiger partial charge >= 0.3 is 6.09 Å². The van der Waals surface area contributed by atoms with Gasteiger partial charge in [0.1, 0.15) is 14.9 Å². The molecule has 1 aliphatic rings. The zero-order chi connectivity index (χ0) is 24.1. The molecular weight excluding hydrogens is 522 g/mol. The number of ether oxygens (including phenoxy) is 1. The average Bonchev–Trinajstić information content (AvgIpc) is 3.55. The molecule has 35 heavy (non-hydrogen) atoms. The number of aromatic nitrogens is 1. The summed E-state index contributed by atoms with van der Waals surface area (Å²) in [5.41, 5.74) is 2.97. The van der Waals surface area contributed by atoms with Crippen LogP contribution in [-0.4, -0.2) is 35.5 Å². The monoisotopic (exact) mass is 539 g/mol. The molecule has 6 rings (SSSR count). The lowest BCUT2D eigenvalue weighted by Crippen LogP contribution is -2.35. The van der Waals surface area contributed by atoms with Crippen LogP contribution in [0.2, 0.25) is 5.02 Å². The first kappa shape index (κ1) is 22.5. The maximum absolute atomic E-state index is 13.4. The smallest absolute Gasteiger partial charge is 0.409 e. The summed E-state index contributed by atoms with van der Waals surface area (Å²) < 4.78 is 6.98. The molecule has 176 valence electrons. The number of methoxy groups -OCH3 is 1. The highest BCUT2D eigenvalue weighted by atomic mass is 35.5. The van der Waals surface area contributed by atoms with Crippen molar-refractivity contribution in [1.29, 1.82) is 0 Å². The maximum Gasteiger partial charge on any atom is 0.409 e. The van der Waals surface area contributed by atoms with E-state index in [1.54, 1.807) is 16.2 Å². The molecule has 4 heterocycles. The van der Waals surface area contributed by atoms with Crippen molar-refractivity contribution in [2.45, 2.75) is 13.0 Å². The van der Waals surface area contributed by atoms with Gasteiger partial charge in [-0.05, 0) is 30.2 Å². The zero-order valence-electron chi connectivity index (χ0n) is 18.5. The summed E-state index contributed by atoms with van der Waals surface area (Å²) in [6, 6.07) is 15.7. The highest BCUT2D eigenvalue weighted by Crippen LogP contribution is 2.46. The molecule has 10 heteroatoms. The van der Waals surface area contributed by atoms with Crippen molar-refractivity contribution in [3.8, 4) is 10.6 Å². The van der Waals surface area contributed by atoms with Crippen LogP contribution in [0.5, 0.6) is 0 Å². The van der Waals surface area contributed by atoms with Crippen molar-refractivity contribution in [1.82, 2.24) is 9.88 Å². The van der Waals surface area contributed by atoms with Gasteiger partial charge in [0.05, 0.1) is 28.9 Å². The van der Waals surface area contributed by atoms with E-state index in [1.165, 1.54) is 29.8 Å². The van der Waals surface area contributed by atoms with Crippen molar-refractivity contribution in [2.75, 3.05) is 19.0 Å². The fourth-order valence-electron chi connectivity index (χ4n) is 4.30. The number of nitrogens with one attached hydrogen (secondary N) is 1. The van der Waals surface area contributed by atoms with Crippen LogP contribution in [0.4, 0.5) is 9.80 Å². The number of amides is 2. The van der Waals surface area contributed by atoms with Gasteiger partial charge in [0.15, 0.2) is 0 Å². The minimum atomic E-state index is -0.353. The van der Waals surface area contributed by atoms with Crippen LogP contribution < -0.4 is 5.32 Å². The second-order valence-electron chi connectivity index (χ2n) is 8.03. The third-order valence-electron chi connectivity index (χ3n) is 5.97. The summed E-state index contributed by atoms with van der Waals surface area (Å²) in [6.45, 7) is 0.980. The van der Waals surface area contributed by atoms with E-state index in [2.05, 4.69) is 5.32 Å². The first-order chi connectivity index (χ1) is 17.0. The lowest BCUT2D eigenvalue weighted by Gasteiger charge is -2.25. The molecule has 0 aliphatic carbocycles. The minimum absolute atomic E-state index is 0.248. The number of anilines is 1. The minimum Gasteiger partial charge on any atom is -0.453 e. The number of carbonyl (C=O) groups excluding carboxylic acids is 2. The number of hydrogen-bond acceptors (Lipinski definition) is 7. The summed E-state index contributed by atoms with van der Waals surface area (Å²) in [4.78, 5) is 33.6. The SMILES string of the molecule is COC(=O)N1CCc2c(sc(NC(=O)c3sc4ccccc4c3Cl)c2-c2nc3ccccc3s2)C1. The molecule has 1 N–H and O–H groups in total. The first-order valence-corrected chi connectivity index (χ1v) is 13.7. The highest BCUT2D eigenvalue weighted by molar-refractivity contribution is 7.23. The van der Waals surface area contributed by atoms with Crippen LogP contribution in [0.15, 0.2) is 48.5 Å². The normalized spacial score (nSPS) is 13.3. The number of rotatable bonds is 3. The van der Waals surface area contributed by atoms with Gasteiger partial charge < -0.3 is 15.0 Å². The van der Waals surface area contributed by atoms with Crippen LogP contribution in [0.1, 0.15) is 20.1 Å². The Morgan fingerprint density at radius 3 is 2.60 bits per heavy atom. The Labute approximate surface area is 217 Å². The molecule has 5 aromatic rings. The van der Waals surface area contributed by atoms with E-state index in [0.717, 1.165) is 46.3 Å². The highest BCUT2D eigenvalue weighted by Gasteiger charge is 2.30. The van der Waals surface area contributed by atoms with Crippen molar-refractivity contribution >= 4 is 82.9 Å². The second kappa shape index (κ2) is 8.91. The Kier molecular flexibility index (Phi) is 5.72. The molecule has 0 radical (unpaired) electrons. The van der Waals surface area contributed by atoms with Gasteiger partial charge in [0.2, 0.25) is 0 Å². The molecule has 2 aromatic carbocycles. The lowest BCUT2D eigenvalue weighted by molar-refractivity contribution is 0.103. The van der Waals surface area contributed by atoms with Crippen LogP contribution in [0, 0.1) is 0 Å². The molecule has 6 nitrogen and oxygen atoms in total. The topological polar surface area (TPSA) is 71.5 Å². The summed E-state index contributed by atoms with van der Waals surface area (Å²) in [6.07, 6.45) is 0.305. The molecule has 0 unspecified atom stereocenters. The van der Waals surface area contributed by atoms with E-state index in [4.69, 9.17) is 21.3 Å². The molecule has 0 saturated heterocycles. The maximum atomic E-state index is 13.4. The second-order valence-corrected chi connectivity index (χ2v) is 11.6. The Bertz CT molecular complexity index is 1590.